The molecule has 0 aliphatic heterocycles. The predicted molar refractivity (Wildman–Crippen MR) is 62.9 cm³/mol. The van der Waals surface area contributed by atoms with Crippen LogP contribution in [0.5, 0.6) is 0 Å². The Bertz CT molecular complexity index is 512. The molecule has 0 fully saturated rings. The Kier molecular flexibility index (Phi) is 4.22. The van der Waals surface area contributed by atoms with E-state index < -0.39 is 20.5 Å². The van der Waals surface area contributed by atoms with Gasteiger partial charge in [-0.1, -0.05) is 24.3 Å². The number of benzene rings is 1. The first kappa shape index (κ1) is 13.6. The number of halogens is 2. The molecule has 0 atom stereocenters. The third-order valence-electron chi connectivity index (χ3n) is 2.01. The summed E-state index contributed by atoms with van der Waals surface area (Å²) in [6.07, 6.45) is 0. The molecule has 0 spiro atoms. The molecule has 3 nitrogen and oxygen atoms in total. The van der Waals surface area contributed by atoms with E-state index in [1.807, 2.05) is 0 Å². The zero-order valence-electron chi connectivity index (χ0n) is 9.28. The van der Waals surface area contributed by atoms with E-state index in [1.54, 1.807) is 13.0 Å². The largest absolute Gasteiger partial charge is 0.380 e. The van der Waals surface area contributed by atoms with Crippen LogP contribution in [0.15, 0.2) is 41.3 Å². The van der Waals surface area contributed by atoms with Gasteiger partial charge in [0.2, 0.25) is 9.84 Å². The molecule has 0 aliphatic rings. The van der Waals surface area contributed by atoms with Crippen molar-refractivity contribution in [3.8, 4) is 0 Å². The summed E-state index contributed by atoms with van der Waals surface area (Å²) in [6, 6.07) is 5.58. The van der Waals surface area contributed by atoms with Crippen molar-refractivity contribution in [1.82, 2.24) is 0 Å². The highest BCUT2D eigenvalue weighted by Crippen LogP contribution is 2.25. The quantitative estimate of drug-likeness (QED) is 0.829. The number of hydrogen-bond donors (Lipinski definition) is 1. The van der Waals surface area contributed by atoms with Crippen molar-refractivity contribution in [3.63, 3.8) is 0 Å². The Balaban J connectivity index is 3.12. The predicted octanol–water partition coefficient (Wildman–Crippen LogP) is 2.67. The first-order chi connectivity index (χ1) is 7.85. The van der Waals surface area contributed by atoms with Crippen LogP contribution in [0.2, 0.25) is 0 Å². The van der Waals surface area contributed by atoms with Crippen LogP contribution in [0.3, 0.4) is 0 Å². The average molecular weight is 261 g/mol. The molecule has 1 aromatic carbocycles. The van der Waals surface area contributed by atoms with E-state index in [1.165, 1.54) is 12.1 Å². The fourth-order valence-corrected chi connectivity index (χ4v) is 2.11. The first-order valence-corrected chi connectivity index (χ1v) is 6.39. The summed E-state index contributed by atoms with van der Waals surface area (Å²) in [4.78, 5) is -0.392. The summed E-state index contributed by atoms with van der Waals surface area (Å²) >= 11 is 0. The van der Waals surface area contributed by atoms with Crippen LogP contribution in [-0.2, 0) is 9.84 Å². The summed E-state index contributed by atoms with van der Waals surface area (Å²) in [5.41, 5.74) is 0.935. The summed E-state index contributed by atoms with van der Waals surface area (Å²) < 4.78 is 47.7. The van der Waals surface area contributed by atoms with Crippen LogP contribution in [-0.4, -0.2) is 20.7 Å². The number of rotatable bonds is 5. The minimum atomic E-state index is -4.58. The van der Waals surface area contributed by atoms with Crippen molar-refractivity contribution in [2.75, 3.05) is 11.9 Å². The van der Waals surface area contributed by atoms with Gasteiger partial charge in [-0.25, -0.2) is 8.42 Å². The van der Waals surface area contributed by atoms with Gasteiger partial charge in [-0.05, 0) is 19.1 Å². The highest BCUT2D eigenvalue weighted by Gasteiger charge is 2.28. The number of anilines is 1. The Hall–Kier alpha value is -1.43. The second kappa shape index (κ2) is 5.27. The number of para-hydroxylation sites is 1. The number of alkyl halides is 2. The summed E-state index contributed by atoms with van der Waals surface area (Å²) in [7, 11) is -4.58. The highest BCUT2D eigenvalue weighted by atomic mass is 32.2. The average Bonchev–Trinajstić information content (AvgIpc) is 2.26. The molecule has 1 rings (SSSR count). The van der Waals surface area contributed by atoms with Crippen LogP contribution in [0.1, 0.15) is 6.92 Å². The number of nitrogens with one attached hydrogen (secondary N) is 1. The van der Waals surface area contributed by atoms with Gasteiger partial charge in [-0.15, -0.1) is 0 Å². The molecule has 0 radical (unpaired) electrons. The van der Waals surface area contributed by atoms with Crippen LogP contribution in [0.25, 0.3) is 0 Å². The lowest BCUT2D eigenvalue weighted by atomic mass is 10.3. The van der Waals surface area contributed by atoms with Gasteiger partial charge in [0.1, 0.15) is 0 Å². The van der Waals surface area contributed by atoms with Gasteiger partial charge < -0.3 is 5.32 Å². The normalized spacial score (nSPS) is 11.5. The number of hydrogen-bond acceptors (Lipinski definition) is 3. The van der Waals surface area contributed by atoms with Crippen molar-refractivity contribution in [1.29, 1.82) is 0 Å². The van der Waals surface area contributed by atoms with E-state index in [9.17, 15) is 17.2 Å². The molecule has 1 aromatic rings. The molecular weight excluding hydrogens is 248 g/mol. The molecule has 0 saturated carbocycles. The Morgan fingerprint density at radius 2 is 2.00 bits per heavy atom. The molecule has 0 saturated heterocycles. The second-order valence-electron chi connectivity index (χ2n) is 3.61. The number of sulfone groups is 1. The standard InChI is InChI=1S/C11H13F2NO2S/c1-8(2)7-14-9-5-3-4-6-10(9)17(15,16)11(12)13/h3-6,11,14H,1,7H2,2H3. The fourth-order valence-electron chi connectivity index (χ4n) is 1.20. The summed E-state index contributed by atoms with van der Waals surface area (Å²) in [6.45, 7) is 5.71. The topological polar surface area (TPSA) is 46.2 Å². The molecule has 17 heavy (non-hydrogen) atoms. The molecule has 1 N–H and O–H groups in total. The van der Waals surface area contributed by atoms with Gasteiger partial charge in [0, 0.05) is 6.54 Å². The van der Waals surface area contributed by atoms with Crippen LogP contribution in [0.4, 0.5) is 14.5 Å². The van der Waals surface area contributed by atoms with Crippen molar-refractivity contribution in [3.05, 3.63) is 36.4 Å². The van der Waals surface area contributed by atoms with E-state index in [-0.39, 0.29) is 5.69 Å². The van der Waals surface area contributed by atoms with Crippen molar-refractivity contribution in [2.24, 2.45) is 0 Å². The molecule has 0 amide bonds. The van der Waals surface area contributed by atoms with Crippen molar-refractivity contribution in [2.45, 2.75) is 17.6 Å². The molecule has 6 heteroatoms. The molecule has 94 valence electrons. The molecule has 0 aromatic heterocycles. The van der Waals surface area contributed by atoms with Gasteiger partial charge in [-0.3, -0.25) is 0 Å². The van der Waals surface area contributed by atoms with E-state index in [0.717, 1.165) is 11.6 Å². The lowest BCUT2D eigenvalue weighted by Gasteiger charge is -2.11. The zero-order valence-corrected chi connectivity index (χ0v) is 10.1. The highest BCUT2D eigenvalue weighted by molar-refractivity contribution is 7.91. The molecular formula is C11H13F2NO2S. The van der Waals surface area contributed by atoms with E-state index in [4.69, 9.17) is 0 Å². The van der Waals surface area contributed by atoms with Gasteiger partial charge in [0.25, 0.3) is 0 Å². The molecule has 0 aliphatic carbocycles. The van der Waals surface area contributed by atoms with Crippen molar-refractivity contribution >= 4 is 15.5 Å². The molecule has 0 heterocycles. The maximum absolute atomic E-state index is 12.4. The maximum atomic E-state index is 12.4. The van der Waals surface area contributed by atoms with Gasteiger partial charge >= 0.3 is 5.76 Å². The minimum absolute atomic E-state index is 0.163. The molecule has 0 bridgehead atoms. The maximum Gasteiger partial charge on any atom is 0.341 e. The smallest absolute Gasteiger partial charge is 0.341 e. The van der Waals surface area contributed by atoms with Crippen LogP contribution >= 0.6 is 0 Å². The van der Waals surface area contributed by atoms with Crippen LogP contribution < -0.4 is 5.32 Å². The van der Waals surface area contributed by atoms with Gasteiger partial charge in [0.05, 0.1) is 10.6 Å². The Morgan fingerprint density at radius 3 is 2.53 bits per heavy atom. The lowest BCUT2D eigenvalue weighted by molar-refractivity contribution is 0.235. The lowest BCUT2D eigenvalue weighted by Crippen LogP contribution is -2.14. The Morgan fingerprint density at radius 1 is 1.41 bits per heavy atom. The third kappa shape index (κ3) is 3.26. The summed E-state index contributed by atoms with van der Waals surface area (Å²) in [5.74, 6) is -3.42. The SMILES string of the molecule is C=C(C)CNc1ccccc1S(=O)(=O)C(F)F. The third-order valence-corrected chi connectivity index (χ3v) is 3.45. The van der Waals surface area contributed by atoms with E-state index in [2.05, 4.69) is 11.9 Å². The Labute approximate surface area is 99.1 Å². The summed E-state index contributed by atoms with van der Waals surface area (Å²) in [5, 5.41) is 2.76. The van der Waals surface area contributed by atoms with E-state index in [0.29, 0.717) is 6.54 Å². The minimum Gasteiger partial charge on any atom is -0.380 e. The van der Waals surface area contributed by atoms with Gasteiger partial charge in [-0.2, -0.15) is 8.78 Å². The van der Waals surface area contributed by atoms with Gasteiger partial charge in [0.15, 0.2) is 0 Å². The first-order valence-electron chi connectivity index (χ1n) is 4.85. The molecule has 0 unspecified atom stereocenters. The van der Waals surface area contributed by atoms with Crippen molar-refractivity contribution < 1.29 is 17.2 Å². The van der Waals surface area contributed by atoms with Crippen LogP contribution in [0, 0.1) is 0 Å². The fraction of sp³-hybridized carbons (Fsp3) is 0.273. The zero-order chi connectivity index (χ0) is 13.1. The van der Waals surface area contributed by atoms with E-state index >= 15 is 0 Å². The second-order valence-corrected chi connectivity index (χ2v) is 5.50. The monoisotopic (exact) mass is 261 g/mol.